The highest BCUT2D eigenvalue weighted by molar-refractivity contribution is 6.32. The van der Waals surface area contributed by atoms with Crippen LogP contribution in [0.1, 0.15) is 20.8 Å². The molecule has 0 aliphatic carbocycles. The molecule has 0 atom stereocenters. The Morgan fingerprint density at radius 2 is 2.00 bits per heavy atom. The summed E-state index contributed by atoms with van der Waals surface area (Å²) in [6, 6.07) is 6.96. The lowest BCUT2D eigenvalue weighted by molar-refractivity contribution is -0.147. The molecule has 17 heavy (non-hydrogen) atoms. The van der Waals surface area contributed by atoms with Gasteiger partial charge in [-0.3, -0.25) is 9.63 Å². The fourth-order valence-electron chi connectivity index (χ4n) is 0.945. The van der Waals surface area contributed by atoms with E-state index in [2.05, 4.69) is 5.48 Å². The molecule has 4 nitrogen and oxygen atoms in total. The molecule has 0 aromatic heterocycles. The van der Waals surface area contributed by atoms with Crippen LogP contribution < -0.4 is 10.2 Å². The number of amides is 1. The molecule has 1 rings (SSSR count). The number of hydrogen-bond donors (Lipinski definition) is 1. The Bertz CT molecular complexity index is 388. The minimum atomic E-state index is -0.431. The summed E-state index contributed by atoms with van der Waals surface area (Å²) < 4.78 is 5.24. The first-order chi connectivity index (χ1) is 7.88. The van der Waals surface area contributed by atoms with Crippen LogP contribution in [0.5, 0.6) is 5.75 Å². The third-order valence-corrected chi connectivity index (χ3v) is 1.98. The van der Waals surface area contributed by atoms with Crippen molar-refractivity contribution in [3.05, 3.63) is 29.3 Å². The number of rotatable bonds is 4. The minimum Gasteiger partial charge on any atom is -0.482 e. The highest BCUT2D eigenvalue weighted by Crippen LogP contribution is 2.22. The van der Waals surface area contributed by atoms with Gasteiger partial charge in [-0.25, -0.2) is 5.48 Å². The van der Waals surface area contributed by atoms with E-state index in [-0.39, 0.29) is 12.5 Å². The number of hydrogen-bond acceptors (Lipinski definition) is 3. The number of carbonyl (C=O) groups is 1. The predicted molar refractivity (Wildman–Crippen MR) is 65.9 cm³/mol. The summed E-state index contributed by atoms with van der Waals surface area (Å²) in [5, 5.41) is 0.469. The molecule has 0 bridgehead atoms. The lowest BCUT2D eigenvalue weighted by Crippen LogP contribution is -2.36. The molecule has 1 N–H and O–H groups in total. The van der Waals surface area contributed by atoms with Crippen LogP contribution in [0.2, 0.25) is 5.02 Å². The number of para-hydroxylation sites is 1. The Morgan fingerprint density at radius 3 is 2.59 bits per heavy atom. The molecule has 0 heterocycles. The SMILES string of the molecule is CC(C)(C)ONC(=O)COc1ccccc1Cl. The van der Waals surface area contributed by atoms with Crippen molar-refractivity contribution in [1.29, 1.82) is 0 Å². The van der Waals surface area contributed by atoms with Crippen LogP contribution in [-0.4, -0.2) is 18.1 Å². The second-order valence-electron chi connectivity index (χ2n) is 4.46. The Balaban J connectivity index is 2.36. The first-order valence-corrected chi connectivity index (χ1v) is 5.60. The monoisotopic (exact) mass is 257 g/mol. The third kappa shape index (κ3) is 5.56. The number of halogens is 1. The van der Waals surface area contributed by atoms with Gasteiger partial charge in [0.05, 0.1) is 10.6 Å². The summed E-state index contributed by atoms with van der Waals surface area (Å²) in [6.07, 6.45) is 0. The van der Waals surface area contributed by atoms with Crippen molar-refractivity contribution in [2.45, 2.75) is 26.4 Å². The molecule has 0 unspecified atom stereocenters. The summed E-state index contributed by atoms with van der Waals surface area (Å²) in [5.41, 5.74) is 1.87. The molecule has 0 radical (unpaired) electrons. The standard InChI is InChI=1S/C12H16ClNO3/c1-12(2,3)17-14-11(15)8-16-10-7-5-4-6-9(10)13/h4-7H,8H2,1-3H3,(H,14,15). The summed E-state index contributed by atoms with van der Waals surface area (Å²) >= 11 is 5.87. The van der Waals surface area contributed by atoms with Gasteiger partial charge in [-0.2, -0.15) is 0 Å². The third-order valence-electron chi connectivity index (χ3n) is 1.67. The predicted octanol–water partition coefficient (Wildman–Crippen LogP) is 2.57. The van der Waals surface area contributed by atoms with Crippen LogP contribution in [0.25, 0.3) is 0 Å². The Morgan fingerprint density at radius 1 is 1.35 bits per heavy atom. The molecule has 0 fully saturated rings. The van der Waals surface area contributed by atoms with Crippen molar-refractivity contribution in [3.63, 3.8) is 0 Å². The largest absolute Gasteiger partial charge is 0.482 e. The lowest BCUT2D eigenvalue weighted by Gasteiger charge is -2.19. The Hall–Kier alpha value is -1.26. The van der Waals surface area contributed by atoms with E-state index in [0.717, 1.165) is 0 Å². The molecule has 1 amide bonds. The first-order valence-electron chi connectivity index (χ1n) is 5.23. The normalized spacial score (nSPS) is 11.1. The van der Waals surface area contributed by atoms with Gasteiger partial charge < -0.3 is 4.74 Å². The molecule has 1 aromatic rings. The van der Waals surface area contributed by atoms with Gasteiger partial charge in [0, 0.05) is 0 Å². The van der Waals surface area contributed by atoms with E-state index in [1.54, 1.807) is 24.3 Å². The van der Waals surface area contributed by atoms with Gasteiger partial charge in [0.25, 0.3) is 5.91 Å². The topological polar surface area (TPSA) is 47.6 Å². The fourth-order valence-corrected chi connectivity index (χ4v) is 1.13. The van der Waals surface area contributed by atoms with Crippen molar-refractivity contribution in [1.82, 2.24) is 5.48 Å². The molecule has 0 saturated carbocycles. The van der Waals surface area contributed by atoms with Crippen LogP contribution in [0.3, 0.4) is 0 Å². The zero-order valence-electron chi connectivity index (χ0n) is 10.1. The lowest BCUT2D eigenvalue weighted by atomic mass is 10.2. The summed E-state index contributed by atoms with van der Waals surface area (Å²) in [5.74, 6) is 0.111. The van der Waals surface area contributed by atoms with Crippen molar-refractivity contribution >= 4 is 17.5 Å². The molecule has 5 heteroatoms. The van der Waals surface area contributed by atoms with E-state index in [0.29, 0.717) is 10.8 Å². The highest BCUT2D eigenvalue weighted by Gasteiger charge is 2.13. The van der Waals surface area contributed by atoms with Gasteiger partial charge >= 0.3 is 0 Å². The van der Waals surface area contributed by atoms with E-state index in [1.807, 2.05) is 20.8 Å². The van der Waals surface area contributed by atoms with E-state index < -0.39 is 5.60 Å². The number of hydroxylamine groups is 1. The van der Waals surface area contributed by atoms with Gasteiger partial charge in [0.1, 0.15) is 5.75 Å². The van der Waals surface area contributed by atoms with E-state index in [4.69, 9.17) is 21.2 Å². The average molecular weight is 258 g/mol. The number of carbonyl (C=O) groups excluding carboxylic acids is 1. The van der Waals surface area contributed by atoms with E-state index in [9.17, 15) is 4.79 Å². The van der Waals surface area contributed by atoms with E-state index >= 15 is 0 Å². The van der Waals surface area contributed by atoms with Crippen molar-refractivity contribution in [2.24, 2.45) is 0 Å². The number of nitrogens with one attached hydrogen (secondary N) is 1. The van der Waals surface area contributed by atoms with Crippen molar-refractivity contribution in [2.75, 3.05) is 6.61 Å². The molecule has 0 saturated heterocycles. The zero-order chi connectivity index (χ0) is 12.9. The average Bonchev–Trinajstić information content (AvgIpc) is 2.24. The van der Waals surface area contributed by atoms with Crippen LogP contribution >= 0.6 is 11.6 Å². The van der Waals surface area contributed by atoms with Crippen LogP contribution in [0.4, 0.5) is 0 Å². The molecule has 0 aliphatic heterocycles. The minimum absolute atomic E-state index is 0.139. The quantitative estimate of drug-likeness (QED) is 0.844. The van der Waals surface area contributed by atoms with E-state index in [1.165, 1.54) is 0 Å². The number of ether oxygens (including phenoxy) is 1. The van der Waals surface area contributed by atoms with Crippen molar-refractivity contribution in [3.8, 4) is 5.75 Å². The summed E-state index contributed by atoms with van der Waals surface area (Å²) in [7, 11) is 0. The molecular formula is C12H16ClNO3. The molecule has 94 valence electrons. The molecule has 1 aromatic carbocycles. The molecular weight excluding hydrogens is 242 g/mol. The second kappa shape index (κ2) is 5.89. The highest BCUT2D eigenvalue weighted by atomic mass is 35.5. The van der Waals surface area contributed by atoms with Gasteiger partial charge in [-0.1, -0.05) is 23.7 Å². The maximum atomic E-state index is 11.4. The van der Waals surface area contributed by atoms with Gasteiger partial charge in [0.2, 0.25) is 0 Å². The van der Waals surface area contributed by atoms with Gasteiger partial charge in [0.15, 0.2) is 6.61 Å². The Labute approximate surface area is 106 Å². The maximum Gasteiger partial charge on any atom is 0.281 e. The van der Waals surface area contributed by atoms with Gasteiger partial charge in [-0.15, -0.1) is 0 Å². The van der Waals surface area contributed by atoms with Crippen LogP contribution in [0, 0.1) is 0 Å². The maximum absolute atomic E-state index is 11.4. The fraction of sp³-hybridized carbons (Fsp3) is 0.417. The molecule has 0 spiro atoms. The van der Waals surface area contributed by atoms with Crippen molar-refractivity contribution < 1.29 is 14.4 Å². The summed E-state index contributed by atoms with van der Waals surface area (Å²) in [4.78, 5) is 16.5. The van der Waals surface area contributed by atoms with Gasteiger partial charge in [-0.05, 0) is 32.9 Å². The first kappa shape index (κ1) is 13.8. The summed E-state index contributed by atoms with van der Waals surface area (Å²) in [6.45, 7) is 5.37. The zero-order valence-corrected chi connectivity index (χ0v) is 10.9. The number of benzene rings is 1. The smallest absolute Gasteiger partial charge is 0.281 e. The van der Waals surface area contributed by atoms with Crippen LogP contribution in [-0.2, 0) is 9.63 Å². The molecule has 0 aliphatic rings. The van der Waals surface area contributed by atoms with Crippen LogP contribution in [0.15, 0.2) is 24.3 Å². The second-order valence-corrected chi connectivity index (χ2v) is 4.87. The Kier molecular flexibility index (Phi) is 4.78.